The molecule has 1 atom stereocenters. The molecular weight excluding hydrogens is 128 g/mol. The van der Waals surface area contributed by atoms with Crippen LogP contribution in [0.5, 0.6) is 0 Å². The van der Waals surface area contributed by atoms with Crippen LogP contribution >= 0.6 is 0 Å². The van der Waals surface area contributed by atoms with Gasteiger partial charge in [0.15, 0.2) is 5.96 Å². The Hall–Kier alpha value is -1.45. The Morgan fingerprint density at radius 2 is 2.20 bits per heavy atom. The van der Waals surface area contributed by atoms with E-state index in [0.29, 0.717) is 0 Å². The minimum atomic E-state index is -0.102. The van der Waals surface area contributed by atoms with Gasteiger partial charge < -0.3 is 16.8 Å². The van der Waals surface area contributed by atoms with E-state index in [1.54, 1.807) is 6.20 Å². The van der Waals surface area contributed by atoms with E-state index in [-0.39, 0.29) is 12.1 Å². The van der Waals surface area contributed by atoms with E-state index >= 15 is 0 Å². The van der Waals surface area contributed by atoms with E-state index in [1.807, 2.05) is 18.2 Å². The number of hydrogen-bond donors (Lipinski definition) is 3. The van der Waals surface area contributed by atoms with Gasteiger partial charge in [0.2, 0.25) is 0 Å². The first-order chi connectivity index (χ1) is 4.79. The molecule has 0 radical (unpaired) electrons. The molecule has 4 nitrogen and oxygen atoms in total. The second-order valence-electron chi connectivity index (χ2n) is 1.91. The van der Waals surface area contributed by atoms with Gasteiger partial charge in [-0.05, 0) is 18.4 Å². The highest BCUT2D eigenvalue weighted by atomic mass is 15.1. The van der Waals surface area contributed by atoms with Crippen LogP contribution < -0.4 is 16.8 Å². The van der Waals surface area contributed by atoms with Crippen LogP contribution in [0.4, 0.5) is 0 Å². The van der Waals surface area contributed by atoms with Crippen LogP contribution in [-0.4, -0.2) is 12.1 Å². The smallest absolute Gasteiger partial charge is 0.188 e. The molecule has 1 aliphatic heterocycles. The van der Waals surface area contributed by atoms with E-state index in [0.717, 1.165) is 0 Å². The highest BCUT2D eigenvalue weighted by molar-refractivity contribution is 5.76. The summed E-state index contributed by atoms with van der Waals surface area (Å²) in [4.78, 5) is 3.86. The second-order valence-corrected chi connectivity index (χ2v) is 1.91. The highest BCUT2D eigenvalue weighted by Crippen LogP contribution is 1.94. The Labute approximate surface area is 59.3 Å². The Balaban J connectivity index is 2.52. The molecule has 0 aliphatic carbocycles. The van der Waals surface area contributed by atoms with Gasteiger partial charge in [-0.3, -0.25) is 0 Å². The van der Waals surface area contributed by atoms with Gasteiger partial charge >= 0.3 is 0 Å². The van der Waals surface area contributed by atoms with Crippen LogP contribution in [0, 0.1) is 0 Å². The lowest BCUT2D eigenvalue weighted by Gasteiger charge is -2.09. The molecule has 0 amide bonds. The molecule has 0 aromatic carbocycles. The van der Waals surface area contributed by atoms with Gasteiger partial charge in [-0.1, -0.05) is 6.08 Å². The van der Waals surface area contributed by atoms with Crippen LogP contribution in [0.2, 0.25) is 0 Å². The molecule has 0 aromatic rings. The maximum absolute atomic E-state index is 5.15. The molecule has 0 spiro atoms. The molecular formula is C6H10N4. The molecule has 0 saturated heterocycles. The zero-order valence-electron chi connectivity index (χ0n) is 5.49. The summed E-state index contributed by atoms with van der Waals surface area (Å²) in [5.74, 6) is 0.0949. The summed E-state index contributed by atoms with van der Waals surface area (Å²) in [7, 11) is 0. The highest BCUT2D eigenvalue weighted by Gasteiger charge is 1.98. The van der Waals surface area contributed by atoms with Gasteiger partial charge in [0.1, 0.15) is 6.17 Å². The second kappa shape index (κ2) is 2.91. The van der Waals surface area contributed by atoms with E-state index < -0.39 is 0 Å². The molecule has 1 heterocycles. The van der Waals surface area contributed by atoms with E-state index in [2.05, 4.69) is 10.3 Å². The SMILES string of the molecule is NC(N)=NC1C=CC=CN1. The van der Waals surface area contributed by atoms with Crippen LogP contribution in [-0.2, 0) is 0 Å². The summed E-state index contributed by atoms with van der Waals surface area (Å²) in [6.07, 6.45) is 7.30. The lowest BCUT2D eigenvalue weighted by Crippen LogP contribution is -2.30. The standard InChI is InChI=1S/C6H10N4/c7-6(8)10-5-3-1-2-4-9-5/h1-5,9H,(H4,7,8,10). The topological polar surface area (TPSA) is 76.4 Å². The minimum Gasteiger partial charge on any atom is -0.370 e. The third kappa shape index (κ3) is 1.81. The van der Waals surface area contributed by atoms with Gasteiger partial charge in [0.05, 0.1) is 0 Å². The fourth-order valence-corrected chi connectivity index (χ4v) is 0.676. The predicted molar refractivity (Wildman–Crippen MR) is 41.0 cm³/mol. The summed E-state index contributed by atoms with van der Waals surface area (Å²) in [6, 6.07) is 0. The van der Waals surface area contributed by atoms with Crippen molar-refractivity contribution in [2.24, 2.45) is 16.5 Å². The number of aliphatic imine (C=N–C) groups is 1. The zero-order chi connectivity index (χ0) is 7.40. The fourth-order valence-electron chi connectivity index (χ4n) is 0.676. The molecule has 5 N–H and O–H groups in total. The molecule has 1 aliphatic rings. The van der Waals surface area contributed by atoms with Crippen molar-refractivity contribution in [1.29, 1.82) is 0 Å². The molecule has 1 rings (SSSR count). The first-order valence-corrected chi connectivity index (χ1v) is 2.97. The number of allylic oxidation sites excluding steroid dienone is 2. The Morgan fingerprint density at radius 1 is 1.40 bits per heavy atom. The Morgan fingerprint density at radius 3 is 2.70 bits per heavy atom. The summed E-state index contributed by atoms with van der Waals surface area (Å²) in [5, 5.41) is 2.94. The third-order valence-corrected chi connectivity index (χ3v) is 1.06. The lowest BCUT2D eigenvalue weighted by atomic mass is 10.3. The van der Waals surface area contributed by atoms with Crippen molar-refractivity contribution in [3.05, 3.63) is 24.4 Å². The third-order valence-electron chi connectivity index (χ3n) is 1.06. The molecule has 0 bridgehead atoms. The van der Waals surface area contributed by atoms with E-state index in [9.17, 15) is 0 Å². The maximum Gasteiger partial charge on any atom is 0.188 e. The average Bonchev–Trinajstić information content (AvgIpc) is 1.88. The van der Waals surface area contributed by atoms with Gasteiger partial charge in [-0.15, -0.1) is 0 Å². The van der Waals surface area contributed by atoms with Crippen molar-refractivity contribution in [3.8, 4) is 0 Å². The van der Waals surface area contributed by atoms with Crippen molar-refractivity contribution in [3.63, 3.8) is 0 Å². The van der Waals surface area contributed by atoms with Crippen molar-refractivity contribution in [1.82, 2.24) is 5.32 Å². The van der Waals surface area contributed by atoms with Gasteiger partial charge in [-0.25, -0.2) is 4.99 Å². The van der Waals surface area contributed by atoms with Crippen LogP contribution in [0.15, 0.2) is 29.4 Å². The van der Waals surface area contributed by atoms with E-state index in [1.165, 1.54) is 0 Å². The molecule has 10 heavy (non-hydrogen) atoms. The molecule has 0 fully saturated rings. The molecule has 4 heteroatoms. The number of hydrogen-bond acceptors (Lipinski definition) is 2. The van der Waals surface area contributed by atoms with Crippen molar-refractivity contribution in [2.75, 3.05) is 0 Å². The zero-order valence-corrected chi connectivity index (χ0v) is 5.49. The van der Waals surface area contributed by atoms with Gasteiger partial charge in [0, 0.05) is 0 Å². The largest absolute Gasteiger partial charge is 0.370 e. The first-order valence-electron chi connectivity index (χ1n) is 2.97. The normalized spacial score (nSPS) is 21.8. The van der Waals surface area contributed by atoms with Crippen molar-refractivity contribution in [2.45, 2.75) is 6.17 Å². The number of dihydropyridines is 1. The molecule has 54 valence electrons. The fraction of sp³-hybridized carbons (Fsp3) is 0.167. The quantitative estimate of drug-likeness (QED) is 0.330. The molecule has 0 aromatic heterocycles. The number of nitrogens with one attached hydrogen (secondary N) is 1. The first kappa shape index (κ1) is 6.67. The lowest BCUT2D eigenvalue weighted by molar-refractivity contribution is 0.727. The van der Waals surface area contributed by atoms with Gasteiger partial charge in [-0.2, -0.15) is 0 Å². The van der Waals surface area contributed by atoms with Crippen molar-refractivity contribution >= 4 is 5.96 Å². The minimum absolute atomic E-state index is 0.0949. The Bertz CT molecular complexity index is 188. The summed E-state index contributed by atoms with van der Waals surface area (Å²) >= 11 is 0. The number of nitrogens with two attached hydrogens (primary N) is 2. The van der Waals surface area contributed by atoms with Gasteiger partial charge in [0.25, 0.3) is 0 Å². The summed E-state index contributed by atoms with van der Waals surface area (Å²) in [6.45, 7) is 0. The maximum atomic E-state index is 5.15. The van der Waals surface area contributed by atoms with Crippen LogP contribution in [0.25, 0.3) is 0 Å². The molecule has 1 unspecified atom stereocenters. The number of rotatable bonds is 1. The van der Waals surface area contributed by atoms with E-state index in [4.69, 9.17) is 11.5 Å². The van der Waals surface area contributed by atoms with Crippen LogP contribution in [0.1, 0.15) is 0 Å². The summed E-state index contributed by atoms with van der Waals surface area (Å²) in [5.41, 5.74) is 10.3. The monoisotopic (exact) mass is 138 g/mol. The average molecular weight is 138 g/mol. The predicted octanol–water partition coefficient (Wildman–Crippen LogP) is -0.741. The number of nitrogens with zero attached hydrogens (tertiary/aromatic N) is 1. The van der Waals surface area contributed by atoms with Crippen molar-refractivity contribution < 1.29 is 0 Å². The summed E-state index contributed by atoms with van der Waals surface area (Å²) < 4.78 is 0. The number of guanidine groups is 1. The van der Waals surface area contributed by atoms with Crippen LogP contribution in [0.3, 0.4) is 0 Å². The Kier molecular flexibility index (Phi) is 1.94. The molecule has 0 saturated carbocycles.